The van der Waals surface area contributed by atoms with Gasteiger partial charge in [-0.3, -0.25) is 0 Å². The first kappa shape index (κ1) is 9.33. The second kappa shape index (κ2) is 4.32. The maximum atomic E-state index is 5.27. The standard InChI is InChI=1S/C9H15N4O/c1-2-13-4-3-10-9(11-13)12-5-7-14-8-6-12/h3-4H,2,5-8H2,1H3/q+1. The van der Waals surface area contributed by atoms with Crippen molar-refractivity contribution in [3.63, 3.8) is 0 Å². The van der Waals surface area contributed by atoms with E-state index in [1.807, 2.05) is 10.9 Å². The van der Waals surface area contributed by atoms with Crippen molar-refractivity contribution in [2.45, 2.75) is 13.5 Å². The lowest BCUT2D eigenvalue weighted by molar-refractivity contribution is -0.750. The van der Waals surface area contributed by atoms with Gasteiger partial charge in [0.05, 0.1) is 19.4 Å². The third-order valence-corrected chi connectivity index (χ3v) is 2.26. The van der Waals surface area contributed by atoms with Crippen molar-refractivity contribution in [3.05, 3.63) is 12.4 Å². The molecule has 0 saturated carbocycles. The van der Waals surface area contributed by atoms with Gasteiger partial charge in [0.2, 0.25) is 6.20 Å². The highest BCUT2D eigenvalue weighted by molar-refractivity contribution is 5.26. The molecule has 0 unspecified atom stereocenters. The van der Waals surface area contributed by atoms with E-state index >= 15 is 0 Å². The number of nitrogens with zero attached hydrogens (tertiary/aromatic N) is 4. The Hall–Kier alpha value is -1.23. The molecule has 0 atom stereocenters. The van der Waals surface area contributed by atoms with Gasteiger partial charge in [-0.25, -0.2) is 4.98 Å². The van der Waals surface area contributed by atoms with Crippen molar-refractivity contribution >= 4 is 5.95 Å². The van der Waals surface area contributed by atoms with Crippen molar-refractivity contribution < 1.29 is 9.42 Å². The summed E-state index contributed by atoms with van der Waals surface area (Å²) in [5, 5.41) is 4.39. The molecule has 0 aromatic carbocycles. The average Bonchev–Trinajstić information content (AvgIpc) is 2.30. The highest BCUT2D eigenvalue weighted by atomic mass is 16.5. The lowest BCUT2D eigenvalue weighted by atomic mass is 10.4. The van der Waals surface area contributed by atoms with Gasteiger partial charge in [-0.1, -0.05) is 4.68 Å². The Morgan fingerprint density at radius 1 is 1.50 bits per heavy atom. The topological polar surface area (TPSA) is 42.1 Å². The van der Waals surface area contributed by atoms with E-state index in [1.54, 1.807) is 6.20 Å². The number of hydrogen-bond acceptors (Lipinski definition) is 4. The summed E-state index contributed by atoms with van der Waals surface area (Å²) in [6.45, 7) is 6.24. The molecule has 0 bridgehead atoms. The maximum Gasteiger partial charge on any atom is 0.291 e. The highest BCUT2D eigenvalue weighted by Gasteiger charge is 2.16. The van der Waals surface area contributed by atoms with Gasteiger partial charge in [0.15, 0.2) is 6.54 Å². The summed E-state index contributed by atoms with van der Waals surface area (Å²) in [6, 6.07) is 0. The zero-order valence-electron chi connectivity index (χ0n) is 8.39. The molecule has 0 amide bonds. The Morgan fingerprint density at radius 2 is 2.29 bits per heavy atom. The fourth-order valence-electron chi connectivity index (χ4n) is 1.44. The SMILES string of the molecule is CC[n+]1ccnc(N2CCOCC2)n1. The summed E-state index contributed by atoms with van der Waals surface area (Å²) < 4.78 is 7.16. The van der Waals surface area contributed by atoms with E-state index in [-0.39, 0.29) is 0 Å². The molecule has 1 aromatic heterocycles. The Bertz CT molecular complexity index is 299. The lowest BCUT2D eigenvalue weighted by Crippen LogP contribution is -2.43. The van der Waals surface area contributed by atoms with Crippen LogP contribution >= 0.6 is 0 Å². The lowest BCUT2D eigenvalue weighted by Gasteiger charge is -2.25. The van der Waals surface area contributed by atoms with Crippen LogP contribution in [0.4, 0.5) is 5.95 Å². The van der Waals surface area contributed by atoms with Crippen LogP contribution in [0.5, 0.6) is 0 Å². The number of aryl methyl sites for hydroxylation is 1. The third kappa shape index (κ3) is 1.98. The summed E-state index contributed by atoms with van der Waals surface area (Å²) in [4.78, 5) is 6.40. The largest absolute Gasteiger partial charge is 0.378 e. The number of rotatable bonds is 2. The number of ether oxygens (including phenoxy) is 1. The van der Waals surface area contributed by atoms with Crippen LogP contribution in [0, 0.1) is 0 Å². The van der Waals surface area contributed by atoms with E-state index in [4.69, 9.17) is 4.74 Å². The molecule has 0 aliphatic carbocycles. The fraction of sp³-hybridized carbons (Fsp3) is 0.667. The first-order valence-corrected chi connectivity index (χ1v) is 4.95. The van der Waals surface area contributed by atoms with E-state index in [0.717, 1.165) is 38.8 Å². The highest BCUT2D eigenvalue weighted by Crippen LogP contribution is 2.05. The second-order valence-corrected chi connectivity index (χ2v) is 3.18. The molecule has 1 saturated heterocycles. The predicted octanol–water partition coefficient (Wildman–Crippen LogP) is -0.379. The number of morpholine rings is 1. The minimum Gasteiger partial charge on any atom is -0.378 e. The van der Waals surface area contributed by atoms with Gasteiger partial charge < -0.3 is 9.64 Å². The summed E-state index contributed by atoms with van der Waals surface area (Å²) in [5.74, 6) is 0.803. The van der Waals surface area contributed by atoms with Crippen molar-refractivity contribution in [3.8, 4) is 0 Å². The monoisotopic (exact) mass is 195 g/mol. The molecule has 76 valence electrons. The zero-order chi connectivity index (χ0) is 9.80. The van der Waals surface area contributed by atoms with Gasteiger partial charge in [0, 0.05) is 18.2 Å². The molecular weight excluding hydrogens is 180 g/mol. The van der Waals surface area contributed by atoms with Crippen LogP contribution in [0.3, 0.4) is 0 Å². The molecule has 14 heavy (non-hydrogen) atoms. The number of hydrogen-bond donors (Lipinski definition) is 0. The van der Waals surface area contributed by atoms with Gasteiger partial charge in [0.25, 0.3) is 5.95 Å². The van der Waals surface area contributed by atoms with Crippen LogP contribution in [0.15, 0.2) is 12.4 Å². The Balaban J connectivity index is 2.13. The van der Waals surface area contributed by atoms with E-state index in [9.17, 15) is 0 Å². The molecular formula is C9H15N4O+. The van der Waals surface area contributed by atoms with Crippen molar-refractivity contribution in [2.24, 2.45) is 0 Å². The van der Waals surface area contributed by atoms with Gasteiger partial charge in [-0.2, -0.15) is 0 Å². The quantitative estimate of drug-likeness (QED) is 0.603. The number of anilines is 1. The summed E-state index contributed by atoms with van der Waals surface area (Å²) in [5.41, 5.74) is 0. The van der Waals surface area contributed by atoms with Crippen LogP contribution in [-0.2, 0) is 11.3 Å². The van der Waals surface area contributed by atoms with Crippen LogP contribution in [-0.4, -0.2) is 36.4 Å². The molecule has 1 aromatic rings. The fourth-order valence-corrected chi connectivity index (χ4v) is 1.44. The minimum atomic E-state index is 0.768. The van der Waals surface area contributed by atoms with E-state index in [0.29, 0.717) is 0 Å². The minimum absolute atomic E-state index is 0.768. The Morgan fingerprint density at radius 3 is 3.00 bits per heavy atom. The van der Waals surface area contributed by atoms with Crippen LogP contribution in [0.25, 0.3) is 0 Å². The van der Waals surface area contributed by atoms with Crippen molar-refractivity contribution in [2.75, 3.05) is 31.2 Å². The molecule has 1 fully saturated rings. The molecule has 1 aliphatic rings. The molecule has 0 radical (unpaired) electrons. The second-order valence-electron chi connectivity index (χ2n) is 3.18. The Kier molecular flexibility index (Phi) is 2.88. The molecule has 5 heteroatoms. The predicted molar refractivity (Wildman–Crippen MR) is 50.9 cm³/mol. The van der Waals surface area contributed by atoms with Gasteiger partial charge in [0.1, 0.15) is 0 Å². The molecule has 2 rings (SSSR count). The summed E-state index contributed by atoms with van der Waals surface area (Å²) >= 11 is 0. The smallest absolute Gasteiger partial charge is 0.291 e. The van der Waals surface area contributed by atoms with Crippen molar-refractivity contribution in [1.82, 2.24) is 10.1 Å². The molecule has 2 heterocycles. The molecule has 0 spiro atoms. The summed E-state index contributed by atoms with van der Waals surface area (Å²) in [7, 11) is 0. The molecule has 1 aliphatic heterocycles. The van der Waals surface area contributed by atoms with Gasteiger partial charge >= 0.3 is 0 Å². The van der Waals surface area contributed by atoms with E-state index in [1.165, 1.54) is 0 Å². The Labute approximate surface area is 83.3 Å². The van der Waals surface area contributed by atoms with Crippen molar-refractivity contribution in [1.29, 1.82) is 0 Å². The van der Waals surface area contributed by atoms with Crippen LogP contribution < -0.4 is 9.58 Å². The number of aromatic nitrogens is 3. The first-order chi connectivity index (χ1) is 6.90. The zero-order valence-corrected chi connectivity index (χ0v) is 8.39. The van der Waals surface area contributed by atoms with E-state index in [2.05, 4.69) is 21.9 Å². The van der Waals surface area contributed by atoms with Gasteiger partial charge in [-0.05, 0) is 6.92 Å². The molecule has 0 N–H and O–H groups in total. The maximum absolute atomic E-state index is 5.27. The normalized spacial score (nSPS) is 17.1. The summed E-state index contributed by atoms with van der Waals surface area (Å²) in [6.07, 6.45) is 3.67. The van der Waals surface area contributed by atoms with Gasteiger partial charge in [-0.15, -0.1) is 0 Å². The first-order valence-electron chi connectivity index (χ1n) is 4.95. The average molecular weight is 195 g/mol. The molecule has 5 nitrogen and oxygen atoms in total. The van der Waals surface area contributed by atoms with Crippen LogP contribution in [0.2, 0.25) is 0 Å². The van der Waals surface area contributed by atoms with E-state index < -0.39 is 0 Å². The van der Waals surface area contributed by atoms with Crippen LogP contribution in [0.1, 0.15) is 6.92 Å². The third-order valence-electron chi connectivity index (χ3n) is 2.26.